The summed E-state index contributed by atoms with van der Waals surface area (Å²) in [5.74, 6) is 0.784. The highest BCUT2D eigenvalue weighted by Gasteiger charge is 2.33. The Bertz CT molecular complexity index is 845. The van der Waals surface area contributed by atoms with Crippen molar-refractivity contribution in [1.29, 1.82) is 0 Å². The van der Waals surface area contributed by atoms with Crippen molar-refractivity contribution in [2.45, 2.75) is 32.2 Å². The third kappa shape index (κ3) is 3.32. The smallest absolute Gasteiger partial charge is 0.228 e. The predicted molar refractivity (Wildman–Crippen MR) is 91.4 cm³/mol. The van der Waals surface area contributed by atoms with Crippen molar-refractivity contribution in [3.05, 3.63) is 29.9 Å². The molecule has 0 unspecified atom stereocenters. The summed E-state index contributed by atoms with van der Waals surface area (Å²) >= 11 is 0. The maximum atomic E-state index is 11.9. The van der Waals surface area contributed by atoms with E-state index in [0.717, 1.165) is 29.6 Å². The molecule has 0 radical (unpaired) electrons. The molecule has 3 rings (SSSR count). The van der Waals surface area contributed by atoms with Gasteiger partial charge in [-0.05, 0) is 31.2 Å². The van der Waals surface area contributed by atoms with Crippen LogP contribution < -0.4 is 5.32 Å². The van der Waals surface area contributed by atoms with Gasteiger partial charge < -0.3 is 10.3 Å². The Labute approximate surface area is 136 Å². The van der Waals surface area contributed by atoms with Crippen molar-refractivity contribution in [3.8, 4) is 0 Å². The summed E-state index contributed by atoms with van der Waals surface area (Å²) in [6, 6.07) is 2.12. The molecule has 0 spiro atoms. The molecule has 6 nitrogen and oxygen atoms in total. The molecule has 1 aliphatic rings. The summed E-state index contributed by atoms with van der Waals surface area (Å²) in [5, 5.41) is 4.31. The van der Waals surface area contributed by atoms with E-state index >= 15 is 0 Å². The van der Waals surface area contributed by atoms with Gasteiger partial charge in [-0.15, -0.1) is 0 Å². The lowest BCUT2D eigenvalue weighted by Gasteiger charge is -2.36. The lowest BCUT2D eigenvalue weighted by atomic mass is 9.81. The van der Waals surface area contributed by atoms with Gasteiger partial charge in [0.25, 0.3) is 0 Å². The van der Waals surface area contributed by atoms with Crippen LogP contribution >= 0.6 is 0 Å². The Kier molecular flexibility index (Phi) is 4.26. The van der Waals surface area contributed by atoms with Gasteiger partial charge in [-0.3, -0.25) is 4.98 Å². The van der Waals surface area contributed by atoms with Gasteiger partial charge in [-0.25, -0.2) is 13.3 Å². The molecule has 0 aliphatic heterocycles. The van der Waals surface area contributed by atoms with Gasteiger partial charge in [-0.2, -0.15) is 0 Å². The Balaban J connectivity index is 1.67. The van der Waals surface area contributed by atoms with Crippen LogP contribution in [0.15, 0.2) is 18.5 Å². The third-order valence-electron chi connectivity index (χ3n) is 4.28. The highest BCUT2D eigenvalue weighted by atomic mass is 32.2. The second kappa shape index (κ2) is 6.20. The number of aromatic nitrogens is 2. The molecule has 2 heterocycles. The summed E-state index contributed by atoms with van der Waals surface area (Å²) in [7, 11) is -2.92. The molecular weight excluding hydrogens is 312 g/mol. The van der Waals surface area contributed by atoms with Gasteiger partial charge in [-0.1, -0.05) is 6.92 Å². The van der Waals surface area contributed by atoms with Crippen molar-refractivity contribution in [2.75, 3.05) is 16.8 Å². The normalized spacial score (nSPS) is 20.9. The van der Waals surface area contributed by atoms with E-state index < -0.39 is 9.84 Å². The molecule has 1 saturated carbocycles. The van der Waals surface area contributed by atoms with Crippen molar-refractivity contribution < 1.29 is 8.42 Å². The number of anilines is 1. The zero-order valence-electron chi connectivity index (χ0n) is 13.0. The molecule has 7 heteroatoms. The number of H-pyrrole nitrogens is 1. The number of hydrogen-bond donors (Lipinski definition) is 2. The molecule has 2 N–H and O–H groups in total. The second-order valence-corrected chi connectivity index (χ2v) is 8.39. The number of fused-ring (bicyclic) bond motifs is 1. The number of hydrogen-bond acceptors (Lipinski definition) is 4. The minimum absolute atomic E-state index is 0.220. The first-order valence-electron chi connectivity index (χ1n) is 7.83. The zero-order chi connectivity index (χ0) is 16.4. The molecule has 0 atom stereocenters. The Morgan fingerprint density at radius 3 is 2.96 bits per heavy atom. The third-order valence-corrected chi connectivity index (χ3v) is 6.29. The molecule has 0 bridgehead atoms. The van der Waals surface area contributed by atoms with E-state index in [9.17, 15) is 8.42 Å². The number of rotatable bonds is 6. The summed E-state index contributed by atoms with van der Waals surface area (Å²) in [5.41, 5.74) is 2.05. The Morgan fingerprint density at radius 1 is 1.48 bits per heavy atom. The molecule has 2 aromatic heterocycles. The molecule has 0 aromatic carbocycles. The van der Waals surface area contributed by atoms with Gasteiger partial charge in [0.05, 0.1) is 18.0 Å². The molecule has 2 aromatic rings. The van der Waals surface area contributed by atoms with Crippen LogP contribution in [0.3, 0.4) is 0 Å². The minimum atomic E-state index is -2.92. The van der Waals surface area contributed by atoms with Crippen molar-refractivity contribution in [2.24, 2.45) is 5.92 Å². The summed E-state index contributed by atoms with van der Waals surface area (Å²) in [4.78, 5) is 10.8. The maximum absolute atomic E-state index is 11.9. The summed E-state index contributed by atoms with van der Waals surface area (Å²) in [6.07, 6.45) is 5.70. The SMILES string of the molecule is [C-]#[N+]c1cnc2[nH]ccc2c1NC1CC(CS(=O)(=O)CCC)C1. The lowest BCUT2D eigenvalue weighted by Crippen LogP contribution is -2.39. The largest absolute Gasteiger partial charge is 0.390 e. The molecule has 1 fully saturated rings. The van der Waals surface area contributed by atoms with E-state index in [-0.39, 0.29) is 23.5 Å². The highest BCUT2D eigenvalue weighted by molar-refractivity contribution is 7.91. The highest BCUT2D eigenvalue weighted by Crippen LogP contribution is 2.37. The van der Waals surface area contributed by atoms with Gasteiger partial charge >= 0.3 is 0 Å². The molecule has 1 aliphatic carbocycles. The second-order valence-electron chi connectivity index (χ2n) is 6.16. The van der Waals surface area contributed by atoms with Gasteiger partial charge in [0.15, 0.2) is 9.84 Å². The molecule has 0 saturated heterocycles. The van der Waals surface area contributed by atoms with Gasteiger partial charge in [0.2, 0.25) is 5.69 Å². The quantitative estimate of drug-likeness (QED) is 0.797. The van der Waals surface area contributed by atoms with Crippen LogP contribution in [0.5, 0.6) is 0 Å². The number of pyridine rings is 1. The number of aromatic amines is 1. The van der Waals surface area contributed by atoms with E-state index in [1.807, 2.05) is 13.0 Å². The average Bonchev–Trinajstić information content (AvgIpc) is 2.93. The minimum Gasteiger partial charge on any atom is -0.390 e. The van der Waals surface area contributed by atoms with Crippen LogP contribution in [-0.4, -0.2) is 35.9 Å². The topological polar surface area (TPSA) is 79.2 Å². The maximum Gasteiger partial charge on any atom is 0.228 e. The first-order chi connectivity index (χ1) is 11.0. The predicted octanol–water partition coefficient (Wildman–Crippen LogP) is 3.13. The Hall–Kier alpha value is -2.07. The van der Waals surface area contributed by atoms with Crippen LogP contribution in [-0.2, 0) is 9.84 Å². The van der Waals surface area contributed by atoms with Crippen molar-refractivity contribution in [3.63, 3.8) is 0 Å². The van der Waals surface area contributed by atoms with Crippen LogP contribution in [0.25, 0.3) is 15.9 Å². The fraction of sp³-hybridized carbons (Fsp3) is 0.500. The van der Waals surface area contributed by atoms with Crippen LogP contribution in [0.1, 0.15) is 26.2 Å². The van der Waals surface area contributed by atoms with Crippen molar-refractivity contribution in [1.82, 2.24) is 9.97 Å². The zero-order valence-corrected chi connectivity index (χ0v) is 13.9. The van der Waals surface area contributed by atoms with E-state index in [0.29, 0.717) is 12.1 Å². The molecule has 0 amide bonds. The average molecular weight is 332 g/mol. The van der Waals surface area contributed by atoms with Crippen LogP contribution in [0.4, 0.5) is 11.4 Å². The van der Waals surface area contributed by atoms with Crippen LogP contribution in [0, 0.1) is 12.5 Å². The monoisotopic (exact) mass is 332 g/mol. The Morgan fingerprint density at radius 2 is 2.26 bits per heavy atom. The molecular formula is C16H20N4O2S. The van der Waals surface area contributed by atoms with E-state index in [1.54, 1.807) is 12.4 Å². The van der Waals surface area contributed by atoms with Gasteiger partial charge in [0, 0.05) is 29.6 Å². The van der Waals surface area contributed by atoms with E-state index in [2.05, 4.69) is 20.1 Å². The number of sulfone groups is 1. The summed E-state index contributed by atoms with van der Waals surface area (Å²) < 4.78 is 23.7. The first kappa shape index (κ1) is 15.8. The van der Waals surface area contributed by atoms with Crippen LogP contribution in [0.2, 0.25) is 0 Å². The van der Waals surface area contributed by atoms with E-state index in [1.165, 1.54) is 0 Å². The number of nitrogens with zero attached hydrogens (tertiary/aromatic N) is 2. The van der Waals surface area contributed by atoms with Gasteiger partial charge in [0.1, 0.15) is 5.65 Å². The summed E-state index contributed by atoms with van der Waals surface area (Å²) in [6.45, 7) is 9.18. The first-order valence-corrected chi connectivity index (χ1v) is 9.65. The fourth-order valence-corrected chi connectivity index (χ4v) is 4.96. The standard InChI is InChI=1S/C16H20N4O2S/c1-3-6-23(21,22)10-11-7-12(8-11)20-15-13-4-5-18-16(13)19-9-14(15)17-2/h4-5,9,11-12H,3,6-8,10H2,1H3,(H2,18,19,20). The molecule has 122 valence electrons. The lowest BCUT2D eigenvalue weighted by molar-refractivity contribution is 0.311. The molecule has 23 heavy (non-hydrogen) atoms. The van der Waals surface area contributed by atoms with Crippen molar-refractivity contribution >= 4 is 32.2 Å². The number of nitrogens with one attached hydrogen (secondary N) is 2. The van der Waals surface area contributed by atoms with E-state index in [4.69, 9.17) is 6.57 Å². The fourth-order valence-electron chi connectivity index (χ4n) is 3.18.